The molecule has 0 unspecified atom stereocenters. The summed E-state index contributed by atoms with van der Waals surface area (Å²) in [5.74, 6) is -0.215. The van der Waals surface area contributed by atoms with E-state index in [1.54, 1.807) is 17.9 Å². The average molecular weight is 340 g/mol. The third kappa shape index (κ3) is 3.23. The van der Waals surface area contributed by atoms with Crippen LogP contribution in [0.5, 0.6) is 0 Å². The Bertz CT molecular complexity index is 730. The number of amides is 1. The normalized spacial score (nSPS) is 16.5. The molecule has 3 rings (SSSR count). The van der Waals surface area contributed by atoms with E-state index in [4.69, 9.17) is 0 Å². The van der Waals surface area contributed by atoms with Gasteiger partial charge in [0, 0.05) is 43.2 Å². The molecule has 24 heavy (non-hydrogen) atoms. The van der Waals surface area contributed by atoms with Gasteiger partial charge in [0.25, 0.3) is 0 Å². The third-order valence-corrected chi connectivity index (χ3v) is 3.96. The van der Waals surface area contributed by atoms with E-state index in [9.17, 15) is 18.0 Å². The molecule has 0 aromatic carbocycles. The minimum Gasteiger partial charge on any atom is -0.293 e. The summed E-state index contributed by atoms with van der Waals surface area (Å²) in [4.78, 5) is 21.7. The van der Waals surface area contributed by atoms with Gasteiger partial charge in [-0.05, 0) is 13.0 Å². The minimum atomic E-state index is -4.52. The van der Waals surface area contributed by atoms with Crippen LogP contribution >= 0.6 is 0 Å². The molecule has 2 N–H and O–H groups in total. The molecular weight excluding hydrogens is 325 g/mol. The van der Waals surface area contributed by atoms with E-state index >= 15 is 0 Å². The number of nitrogens with one attached hydrogen (secondary N) is 2. The van der Waals surface area contributed by atoms with E-state index in [1.165, 1.54) is 12.4 Å². The van der Waals surface area contributed by atoms with Crippen LogP contribution in [0.3, 0.4) is 0 Å². The lowest BCUT2D eigenvalue weighted by atomic mass is 10.0. The molecule has 10 heteroatoms. The number of hydrogen-bond acceptors (Lipinski definition) is 5. The Morgan fingerprint density at radius 1 is 1.38 bits per heavy atom. The molecule has 0 fully saturated rings. The first-order valence-corrected chi connectivity index (χ1v) is 7.31. The number of aromatic amines is 1. The second-order valence-electron chi connectivity index (χ2n) is 5.49. The van der Waals surface area contributed by atoms with E-state index in [1.807, 2.05) is 0 Å². The highest BCUT2D eigenvalue weighted by Crippen LogP contribution is 2.34. The molecule has 128 valence electrons. The zero-order valence-electron chi connectivity index (χ0n) is 12.8. The van der Waals surface area contributed by atoms with Crippen molar-refractivity contribution in [2.45, 2.75) is 32.1 Å². The van der Waals surface area contributed by atoms with Gasteiger partial charge in [0.2, 0.25) is 11.9 Å². The SMILES string of the molecule is C[C@H](C(=O)Nc1ncccn1)N1CCc2[nH]nc(C(F)(F)F)c2C1. The lowest BCUT2D eigenvalue weighted by Gasteiger charge is -2.31. The van der Waals surface area contributed by atoms with E-state index in [0.29, 0.717) is 18.7 Å². The predicted octanol–water partition coefficient (Wildman–Crippen LogP) is 1.60. The summed E-state index contributed by atoms with van der Waals surface area (Å²) in [6, 6.07) is 0.987. The van der Waals surface area contributed by atoms with Crippen molar-refractivity contribution < 1.29 is 18.0 Å². The molecule has 1 atom stereocenters. The smallest absolute Gasteiger partial charge is 0.293 e. The lowest BCUT2D eigenvalue weighted by Crippen LogP contribution is -2.45. The zero-order chi connectivity index (χ0) is 17.3. The summed E-state index contributed by atoms with van der Waals surface area (Å²) >= 11 is 0. The second-order valence-corrected chi connectivity index (χ2v) is 5.49. The van der Waals surface area contributed by atoms with E-state index in [0.717, 1.165) is 0 Å². The quantitative estimate of drug-likeness (QED) is 0.886. The van der Waals surface area contributed by atoms with Crippen molar-refractivity contribution in [3.63, 3.8) is 0 Å². The van der Waals surface area contributed by atoms with Crippen molar-refractivity contribution in [3.05, 3.63) is 35.4 Å². The highest BCUT2D eigenvalue weighted by molar-refractivity contribution is 5.93. The van der Waals surface area contributed by atoms with Gasteiger partial charge in [-0.1, -0.05) is 0 Å². The third-order valence-electron chi connectivity index (χ3n) is 3.96. The molecule has 1 amide bonds. The topological polar surface area (TPSA) is 86.8 Å². The minimum absolute atomic E-state index is 0.00487. The fraction of sp³-hybridized carbons (Fsp3) is 0.429. The maximum Gasteiger partial charge on any atom is 0.435 e. The molecule has 7 nitrogen and oxygen atoms in total. The van der Waals surface area contributed by atoms with Crippen LogP contribution in [0, 0.1) is 0 Å². The van der Waals surface area contributed by atoms with Gasteiger partial charge in [-0.25, -0.2) is 9.97 Å². The molecule has 1 aliphatic heterocycles. The number of hydrogen-bond donors (Lipinski definition) is 2. The van der Waals surface area contributed by atoms with Gasteiger partial charge in [0.05, 0.1) is 6.04 Å². The van der Waals surface area contributed by atoms with Crippen LogP contribution in [0.1, 0.15) is 23.9 Å². The zero-order valence-corrected chi connectivity index (χ0v) is 12.8. The van der Waals surface area contributed by atoms with Crippen LogP contribution in [0.25, 0.3) is 0 Å². The van der Waals surface area contributed by atoms with Crippen LogP contribution in [0.2, 0.25) is 0 Å². The molecule has 1 aliphatic rings. The number of nitrogens with zero attached hydrogens (tertiary/aromatic N) is 4. The number of H-pyrrole nitrogens is 1. The first kappa shape index (κ1) is 16.4. The van der Waals surface area contributed by atoms with Crippen LogP contribution in [-0.4, -0.2) is 43.6 Å². The van der Waals surface area contributed by atoms with Gasteiger partial charge < -0.3 is 0 Å². The van der Waals surface area contributed by atoms with Gasteiger partial charge in [-0.2, -0.15) is 18.3 Å². The second kappa shape index (κ2) is 6.19. The van der Waals surface area contributed by atoms with Crippen molar-refractivity contribution in [2.75, 3.05) is 11.9 Å². The summed E-state index contributed by atoms with van der Waals surface area (Å²) in [7, 11) is 0. The van der Waals surface area contributed by atoms with Gasteiger partial charge in [0.15, 0.2) is 5.69 Å². The molecule has 0 bridgehead atoms. The van der Waals surface area contributed by atoms with E-state index < -0.39 is 17.9 Å². The number of carbonyl (C=O) groups is 1. The lowest BCUT2D eigenvalue weighted by molar-refractivity contribution is -0.142. The number of carbonyl (C=O) groups excluding carboxylic acids is 1. The number of anilines is 1. The summed E-state index contributed by atoms with van der Waals surface area (Å²) in [5.41, 5.74) is -0.344. The number of rotatable bonds is 3. The average Bonchev–Trinajstić information content (AvgIpc) is 2.98. The van der Waals surface area contributed by atoms with Gasteiger partial charge in [-0.3, -0.25) is 20.1 Å². The molecule has 2 aromatic rings. The Hall–Kier alpha value is -2.49. The van der Waals surface area contributed by atoms with Crippen LogP contribution < -0.4 is 5.32 Å². The Morgan fingerprint density at radius 3 is 2.75 bits per heavy atom. The Balaban J connectivity index is 1.72. The Labute approximate surface area is 135 Å². The van der Waals surface area contributed by atoms with Crippen LogP contribution in [-0.2, 0) is 23.9 Å². The standard InChI is InChI=1S/C14H15F3N6O/c1-8(12(24)20-13-18-4-2-5-19-13)23-6-3-10-9(7-23)11(22-21-10)14(15,16)17/h2,4-5,8H,3,6-7H2,1H3,(H,21,22)(H,18,19,20,24)/t8-/m1/s1. The van der Waals surface area contributed by atoms with E-state index in [2.05, 4.69) is 25.5 Å². The number of aromatic nitrogens is 4. The van der Waals surface area contributed by atoms with Gasteiger partial charge in [-0.15, -0.1) is 0 Å². The highest BCUT2D eigenvalue weighted by Gasteiger charge is 2.40. The Morgan fingerprint density at radius 2 is 2.08 bits per heavy atom. The van der Waals surface area contributed by atoms with E-state index in [-0.39, 0.29) is 24.0 Å². The largest absolute Gasteiger partial charge is 0.435 e. The van der Waals surface area contributed by atoms with Crippen molar-refractivity contribution in [1.29, 1.82) is 0 Å². The van der Waals surface area contributed by atoms with Gasteiger partial charge >= 0.3 is 6.18 Å². The highest BCUT2D eigenvalue weighted by atomic mass is 19.4. The molecule has 3 heterocycles. The fourth-order valence-corrected chi connectivity index (χ4v) is 2.63. The molecule has 0 saturated heterocycles. The molecule has 0 radical (unpaired) electrons. The predicted molar refractivity (Wildman–Crippen MR) is 77.8 cm³/mol. The van der Waals surface area contributed by atoms with Crippen molar-refractivity contribution >= 4 is 11.9 Å². The summed E-state index contributed by atoms with van der Waals surface area (Å²) in [6.45, 7) is 2.10. The number of halogens is 3. The first-order valence-electron chi connectivity index (χ1n) is 7.31. The molecule has 0 saturated carbocycles. The molecule has 2 aromatic heterocycles. The Kier molecular flexibility index (Phi) is 4.22. The first-order chi connectivity index (χ1) is 11.4. The van der Waals surface area contributed by atoms with Crippen LogP contribution in [0.4, 0.5) is 19.1 Å². The molecule has 0 spiro atoms. The fourth-order valence-electron chi connectivity index (χ4n) is 2.63. The van der Waals surface area contributed by atoms with Crippen LogP contribution in [0.15, 0.2) is 18.5 Å². The molecule has 0 aliphatic carbocycles. The molecular formula is C14H15F3N6O. The van der Waals surface area contributed by atoms with Gasteiger partial charge in [0.1, 0.15) is 0 Å². The summed E-state index contributed by atoms with van der Waals surface area (Å²) in [6.07, 6.45) is -1.17. The number of fused-ring (bicyclic) bond motifs is 1. The van der Waals surface area contributed by atoms with Crippen molar-refractivity contribution in [3.8, 4) is 0 Å². The van der Waals surface area contributed by atoms with Crippen molar-refractivity contribution in [1.82, 2.24) is 25.1 Å². The number of alkyl halides is 3. The summed E-state index contributed by atoms with van der Waals surface area (Å²) in [5, 5.41) is 8.38. The summed E-state index contributed by atoms with van der Waals surface area (Å²) < 4.78 is 39.0. The maximum atomic E-state index is 13.0. The maximum absolute atomic E-state index is 13.0. The van der Waals surface area contributed by atoms with Crippen molar-refractivity contribution in [2.24, 2.45) is 0 Å². The monoisotopic (exact) mass is 340 g/mol.